The van der Waals surface area contributed by atoms with E-state index in [1.807, 2.05) is 54.9 Å². The Kier molecular flexibility index (Phi) is 10.3. The number of hydrogen-bond acceptors (Lipinski definition) is 8. The van der Waals surface area contributed by atoms with Crippen molar-refractivity contribution in [2.24, 2.45) is 0 Å². The van der Waals surface area contributed by atoms with Crippen LogP contribution >= 0.6 is 0 Å². The van der Waals surface area contributed by atoms with E-state index in [4.69, 9.17) is 15.6 Å². The van der Waals surface area contributed by atoms with Crippen molar-refractivity contribution in [1.29, 1.82) is 0 Å². The van der Waals surface area contributed by atoms with E-state index in [0.29, 0.717) is 0 Å². The summed E-state index contributed by atoms with van der Waals surface area (Å²) < 4.78 is 6.19. The molecule has 0 unspecified atom stereocenters. The number of H-pyrrole nitrogens is 2. The highest BCUT2D eigenvalue weighted by Gasteiger charge is 2.43. The van der Waals surface area contributed by atoms with E-state index < -0.39 is 36.8 Å². The number of nitrogens with one attached hydrogen (secondary N) is 2. The van der Waals surface area contributed by atoms with Crippen LogP contribution in [0.1, 0.15) is 6.23 Å². The fourth-order valence-corrected chi connectivity index (χ4v) is 4.03. The van der Waals surface area contributed by atoms with Gasteiger partial charge in [-0.25, -0.2) is 4.79 Å². The number of nitrogen functional groups attached to an aromatic ring is 1. The van der Waals surface area contributed by atoms with Gasteiger partial charge in [0, 0.05) is 42.0 Å². The van der Waals surface area contributed by atoms with Crippen LogP contribution in [0.15, 0.2) is 121 Å². The average molecular weight is 557 g/mol. The van der Waals surface area contributed by atoms with Crippen molar-refractivity contribution in [3.63, 3.8) is 0 Å². The van der Waals surface area contributed by atoms with Gasteiger partial charge in [-0.2, -0.15) is 4.98 Å². The predicted octanol–water partition coefficient (Wildman–Crippen LogP) is 2.85. The van der Waals surface area contributed by atoms with Crippen LogP contribution in [-0.4, -0.2) is 64.7 Å². The standard InChI is InChI=1S/C9H13N3O5.2C8H7N.C5H5N/c10-5-1-2-12(9(16)11-5)8-7(15)6(14)4(3-13)17-8;2*1-2-4-8-7(3-1)5-6-9-8;1-2-4-6-5-3-1/h1-2,4,6-8,13-15H,3H2,(H2,10,11,16);2*1-6,9H;1-5H/t4-,6-,7-,8-;;;/m1.../s1. The summed E-state index contributed by atoms with van der Waals surface area (Å²) in [4.78, 5) is 25.0. The molecule has 0 amide bonds. The second-order valence-corrected chi connectivity index (χ2v) is 8.93. The van der Waals surface area contributed by atoms with Crippen molar-refractivity contribution >= 4 is 27.6 Å². The molecule has 11 nitrogen and oxygen atoms in total. The highest BCUT2D eigenvalue weighted by atomic mass is 16.6. The smallest absolute Gasteiger partial charge is 0.351 e. The Morgan fingerprint density at radius 3 is 1.83 bits per heavy atom. The topological polar surface area (TPSA) is 175 Å². The molecule has 7 N–H and O–H groups in total. The maximum atomic E-state index is 11.5. The number of rotatable bonds is 2. The number of pyridine rings is 1. The fourth-order valence-electron chi connectivity index (χ4n) is 4.03. The molecule has 1 fully saturated rings. The average Bonchev–Trinajstić information content (AvgIpc) is 3.75. The molecule has 4 aromatic heterocycles. The third kappa shape index (κ3) is 7.87. The monoisotopic (exact) mass is 556 g/mol. The van der Waals surface area contributed by atoms with Gasteiger partial charge in [0.15, 0.2) is 6.23 Å². The van der Waals surface area contributed by atoms with Gasteiger partial charge >= 0.3 is 5.69 Å². The molecule has 0 aliphatic carbocycles. The van der Waals surface area contributed by atoms with E-state index in [0.717, 1.165) is 4.57 Å². The Labute approximate surface area is 235 Å². The molecule has 1 saturated heterocycles. The third-order valence-corrected chi connectivity index (χ3v) is 6.13. The molecule has 1 aliphatic heterocycles. The lowest BCUT2D eigenvalue weighted by atomic mass is 10.1. The van der Waals surface area contributed by atoms with Gasteiger partial charge in [0.05, 0.1) is 6.61 Å². The van der Waals surface area contributed by atoms with Gasteiger partial charge < -0.3 is 35.8 Å². The van der Waals surface area contributed by atoms with Gasteiger partial charge in [0.2, 0.25) is 0 Å². The number of aliphatic hydroxyl groups is 3. The number of nitrogens with two attached hydrogens (primary N) is 1. The van der Waals surface area contributed by atoms with Crippen LogP contribution in [0, 0.1) is 0 Å². The first kappa shape index (κ1) is 29.2. The number of aliphatic hydroxyl groups excluding tert-OH is 3. The molecule has 212 valence electrons. The Morgan fingerprint density at radius 2 is 1.39 bits per heavy atom. The minimum atomic E-state index is -1.31. The van der Waals surface area contributed by atoms with Crippen LogP contribution in [0.3, 0.4) is 0 Å². The zero-order valence-corrected chi connectivity index (χ0v) is 22.1. The van der Waals surface area contributed by atoms with E-state index in [1.165, 1.54) is 34.1 Å². The third-order valence-electron chi connectivity index (χ3n) is 6.13. The quantitative estimate of drug-likeness (QED) is 0.189. The lowest BCUT2D eigenvalue weighted by molar-refractivity contribution is -0.0549. The first-order chi connectivity index (χ1) is 20.0. The zero-order valence-electron chi connectivity index (χ0n) is 22.1. The summed E-state index contributed by atoms with van der Waals surface area (Å²) in [7, 11) is 0. The van der Waals surface area contributed by atoms with E-state index in [2.05, 4.69) is 56.3 Å². The fraction of sp³-hybridized carbons (Fsp3) is 0.167. The molecule has 6 aromatic rings. The molecule has 0 spiro atoms. The van der Waals surface area contributed by atoms with Crippen LogP contribution in [0.25, 0.3) is 21.8 Å². The highest BCUT2D eigenvalue weighted by Crippen LogP contribution is 2.27. The number of aromatic nitrogens is 5. The molecule has 4 atom stereocenters. The van der Waals surface area contributed by atoms with E-state index in [9.17, 15) is 15.0 Å². The molecule has 5 heterocycles. The number of benzene rings is 2. The van der Waals surface area contributed by atoms with Crippen molar-refractivity contribution in [2.75, 3.05) is 12.3 Å². The summed E-state index contributed by atoms with van der Waals surface area (Å²) in [6, 6.07) is 27.7. The van der Waals surface area contributed by atoms with Crippen molar-refractivity contribution < 1.29 is 20.1 Å². The minimum Gasteiger partial charge on any atom is -0.394 e. The first-order valence-corrected chi connectivity index (χ1v) is 12.8. The second kappa shape index (κ2) is 14.5. The number of hydrogen-bond donors (Lipinski definition) is 6. The van der Waals surface area contributed by atoms with Crippen molar-refractivity contribution in [3.8, 4) is 0 Å². The SMILES string of the molecule is Nc1ccn([C@@H]2O[C@H](CO)[C@@H](O)[C@H]2O)c(=O)n1.c1ccc2[nH]ccc2c1.c1ccc2[nH]ccc2c1.c1ccncc1. The lowest BCUT2D eigenvalue weighted by Gasteiger charge is -2.16. The van der Waals surface area contributed by atoms with Gasteiger partial charge in [0.25, 0.3) is 0 Å². The van der Waals surface area contributed by atoms with Gasteiger partial charge in [-0.05, 0) is 53.2 Å². The molecule has 0 bridgehead atoms. The van der Waals surface area contributed by atoms with Gasteiger partial charge in [-0.1, -0.05) is 42.5 Å². The number of nitrogens with zero attached hydrogens (tertiary/aromatic N) is 3. The largest absolute Gasteiger partial charge is 0.394 e. The number of fused-ring (bicyclic) bond motifs is 2. The van der Waals surface area contributed by atoms with E-state index in [1.54, 1.807) is 12.4 Å². The van der Waals surface area contributed by atoms with E-state index in [-0.39, 0.29) is 5.82 Å². The lowest BCUT2D eigenvalue weighted by Crippen LogP contribution is -2.36. The Morgan fingerprint density at radius 1 is 0.805 bits per heavy atom. The number of ether oxygens (including phenoxy) is 1. The molecule has 0 radical (unpaired) electrons. The maximum Gasteiger partial charge on any atom is 0.351 e. The molecule has 41 heavy (non-hydrogen) atoms. The second-order valence-electron chi connectivity index (χ2n) is 8.93. The maximum absolute atomic E-state index is 11.5. The highest BCUT2D eigenvalue weighted by molar-refractivity contribution is 5.79. The normalized spacial score (nSPS) is 19.3. The molecule has 1 aliphatic rings. The number of anilines is 1. The van der Waals surface area contributed by atoms with Gasteiger partial charge in [-0.3, -0.25) is 9.55 Å². The summed E-state index contributed by atoms with van der Waals surface area (Å²) in [5, 5.41) is 30.7. The van der Waals surface area contributed by atoms with Crippen molar-refractivity contribution in [3.05, 3.63) is 126 Å². The molecular formula is C30H32N6O5. The van der Waals surface area contributed by atoms with E-state index >= 15 is 0 Å². The van der Waals surface area contributed by atoms with Crippen LogP contribution < -0.4 is 11.4 Å². The number of para-hydroxylation sites is 2. The first-order valence-electron chi connectivity index (χ1n) is 12.8. The summed E-state index contributed by atoms with van der Waals surface area (Å²) >= 11 is 0. The predicted molar refractivity (Wildman–Crippen MR) is 157 cm³/mol. The molecule has 7 rings (SSSR count). The Bertz CT molecular complexity index is 1520. The molecular weight excluding hydrogens is 524 g/mol. The zero-order chi connectivity index (χ0) is 29.0. The molecule has 11 heteroatoms. The minimum absolute atomic E-state index is 0.0537. The summed E-state index contributed by atoms with van der Waals surface area (Å²) in [5.74, 6) is 0.0537. The Balaban J connectivity index is 0.000000136. The van der Waals surface area contributed by atoms with Crippen LogP contribution in [-0.2, 0) is 4.74 Å². The van der Waals surface area contributed by atoms with Crippen LogP contribution in [0.5, 0.6) is 0 Å². The van der Waals surface area contributed by atoms with Crippen LogP contribution in [0.2, 0.25) is 0 Å². The van der Waals surface area contributed by atoms with Crippen molar-refractivity contribution in [1.82, 2.24) is 24.5 Å². The summed E-state index contributed by atoms with van der Waals surface area (Å²) in [6.45, 7) is -0.453. The van der Waals surface area contributed by atoms with Gasteiger partial charge in [0.1, 0.15) is 24.1 Å². The Hall–Kier alpha value is -4.81. The number of aromatic amines is 2. The summed E-state index contributed by atoms with van der Waals surface area (Å²) in [6.07, 6.45) is 4.13. The molecule has 0 saturated carbocycles. The molecule has 2 aromatic carbocycles. The van der Waals surface area contributed by atoms with Gasteiger partial charge in [-0.15, -0.1) is 0 Å². The van der Waals surface area contributed by atoms with Crippen molar-refractivity contribution in [2.45, 2.75) is 24.5 Å². The van der Waals surface area contributed by atoms with Crippen LogP contribution in [0.4, 0.5) is 5.82 Å². The summed E-state index contributed by atoms with van der Waals surface area (Å²) in [5.41, 5.74) is 7.04.